The largest absolute Gasteiger partial charge is 0.389 e. The molecule has 0 amide bonds. The molecule has 0 atom stereocenters. The summed E-state index contributed by atoms with van der Waals surface area (Å²) in [4.78, 5) is 0. The van der Waals surface area contributed by atoms with Gasteiger partial charge in [-0.2, -0.15) is 5.10 Å². The first kappa shape index (κ1) is 11.6. The van der Waals surface area contributed by atoms with Crippen molar-refractivity contribution in [2.24, 2.45) is 0 Å². The Morgan fingerprint density at radius 3 is 2.81 bits per heavy atom. The van der Waals surface area contributed by atoms with Crippen molar-refractivity contribution in [1.82, 2.24) is 15.1 Å². The van der Waals surface area contributed by atoms with Gasteiger partial charge in [0.1, 0.15) is 0 Å². The van der Waals surface area contributed by atoms with Gasteiger partial charge in [-0.3, -0.25) is 4.68 Å². The van der Waals surface area contributed by atoms with Crippen LogP contribution in [0.2, 0.25) is 0 Å². The fourth-order valence-corrected chi connectivity index (χ4v) is 2.35. The van der Waals surface area contributed by atoms with Crippen LogP contribution in [0.4, 0.5) is 0 Å². The van der Waals surface area contributed by atoms with E-state index >= 15 is 0 Å². The minimum Gasteiger partial charge on any atom is -0.389 e. The average molecular weight is 223 g/mol. The van der Waals surface area contributed by atoms with Gasteiger partial charge in [0.05, 0.1) is 5.60 Å². The minimum atomic E-state index is -0.544. The van der Waals surface area contributed by atoms with E-state index in [2.05, 4.69) is 24.3 Å². The standard InChI is InChI=1S/C12H21N3O/c1-10(2)15-11(3-6-14-15)9-12(16)4-7-13-8-5-12/h3,6,10,13,16H,4-5,7-9H2,1-2H3. The van der Waals surface area contributed by atoms with Gasteiger partial charge in [-0.25, -0.2) is 0 Å². The molecule has 2 N–H and O–H groups in total. The second kappa shape index (κ2) is 4.55. The summed E-state index contributed by atoms with van der Waals surface area (Å²) in [6.45, 7) is 6.05. The number of hydrogen-bond acceptors (Lipinski definition) is 3. The molecule has 0 unspecified atom stereocenters. The molecule has 90 valence electrons. The molecule has 2 heterocycles. The summed E-state index contributed by atoms with van der Waals surface area (Å²) in [5.41, 5.74) is 0.595. The Bertz CT molecular complexity index is 340. The summed E-state index contributed by atoms with van der Waals surface area (Å²) in [5.74, 6) is 0. The Kier molecular flexibility index (Phi) is 3.30. The molecule has 16 heavy (non-hydrogen) atoms. The van der Waals surface area contributed by atoms with Gasteiger partial charge in [0, 0.05) is 24.4 Å². The van der Waals surface area contributed by atoms with Crippen molar-refractivity contribution in [3.8, 4) is 0 Å². The zero-order valence-corrected chi connectivity index (χ0v) is 10.1. The second-order valence-electron chi connectivity index (χ2n) is 5.01. The Labute approximate surface area is 96.7 Å². The fraction of sp³-hybridized carbons (Fsp3) is 0.750. The number of hydrogen-bond donors (Lipinski definition) is 2. The Morgan fingerprint density at radius 2 is 2.19 bits per heavy atom. The third kappa shape index (κ3) is 2.44. The molecular weight excluding hydrogens is 202 g/mol. The number of nitrogens with one attached hydrogen (secondary N) is 1. The number of rotatable bonds is 3. The first-order valence-corrected chi connectivity index (χ1v) is 6.06. The topological polar surface area (TPSA) is 50.1 Å². The van der Waals surface area contributed by atoms with Crippen molar-refractivity contribution in [3.63, 3.8) is 0 Å². The predicted octanol–water partition coefficient (Wildman–Crippen LogP) is 1.12. The van der Waals surface area contributed by atoms with Crippen LogP contribution in [0.25, 0.3) is 0 Å². The normalized spacial score (nSPS) is 20.2. The van der Waals surface area contributed by atoms with E-state index < -0.39 is 5.60 Å². The summed E-state index contributed by atoms with van der Waals surface area (Å²) in [5, 5.41) is 18.0. The highest BCUT2D eigenvalue weighted by molar-refractivity contribution is 5.07. The molecule has 1 aliphatic rings. The molecule has 1 fully saturated rings. The maximum atomic E-state index is 10.5. The van der Waals surface area contributed by atoms with E-state index in [1.54, 1.807) is 0 Å². The number of piperidine rings is 1. The number of aromatic nitrogens is 2. The van der Waals surface area contributed by atoms with Crippen molar-refractivity contribution in [2.45, 2.75) is 44.8 Å². The minimum absolute atomic E-state index is 0.357. The van der Waals surface area contributed by atoms with E-state index in [9.17, 15) is 5.11 Å². The number of nitrogens with zero attached hydrogens (tertiary/aromatic N) is 2. The summed E-state index contributed by atoms with van der Waals surface area (Å²) in [6, 6.07) is 2.37. The van der Waals surface area contributed by atoms with Crippen LogP contribution in [0.5, 0.6) is 0 Å². The summed E-state index contributed by atoms with van der Waals surface area (Å²) < 4.78 is 2.00. The van der Waals surface area contributed by atoms with Crippen LogP contribution in [-0.4, -0.2) is 33.6 Å². The molecule has 0 bridgehead atoms. The van der Waals surface area contributed by atoms with Crippen molar-refractivity contribution in [3.05, 3.63) is 18.0 Å². The van der Waals surface area contributed by atoms with E-state index in [1.165, 1.54) is 0 Å². The third-order valence-electron chi connectivity index (χ3n) is 3.29. The summed E-state index contributed by atoms with van der Waals surface area (Å²) in [6.07, 6.45) is 4.19. The monoisotopic (exact) mass is 223 g/mol. The van der Waals surface area contributed by atoms with Crippen LogP contribution in [0.3, 0.4) is 0 Å². The molecule has 4 heteroatoms. The first-order valence-electron chi connectivity index (χ1n) is 6.06. The third-order valence-corrected chi connectivity index (χ3v) is 3.29. The quantitative estimate of drug-likeness (QED) is 0.807. The number of aliphatic hydroxyl groups is 1. The van der Waals surface area contributed by atoms with E-state index in [1.807, 2.05) is 16.9 Å². The molecule has 2 rings (SSSR count). The van der Waals surface area contributed by atoms with Crippen molar-refractivity contribution in [2.75, 3.05) is 13.1 Å². The van der Waals surface area contributed by atoms with Crippen molar-refractivity contribution in [1.29, 1.82) is 0 Å². The van der Waals surface area contributed by atoms with E-state index in [0.29, 0.717) is 12.5 Å². The molecule has 1 saturated heterocycles. The lowest BCUT2D eigenvalue weighted by molar-refractivity contribution is 0.00889. The predicted molar refractivity (Wildman–Crippen MR) is 63.4 cm³/mol. The Morgan fingerprint density at radius 1 is 1.50 bits per heavy atom. The van der Waals surface area contributed by atoms with E-state index in [-0.39, 0.29) is 0 Å². The van der Waals surface area contributed by atoms with Crippen LogP contribution in [0.1, 0.15) is 38.4 Å². The van der Waals surface area contributed by atoms with Gasteiger partial charge in [-0.15, -0.1) is 0 Å². The van der Waals surface area contributed by atoms with Gasteiger partial charge < -0.3 is 10.4 Å². The molecule has 4 nitrogen and oxygen atoms in total. The highest BCUT2D eigenvalue weighted by atomic mass is 16.3. The highest BCUT2D eigenvalue weighted by Crippen LogP contribution is 2.24. The molecule has 0 spiro atoms. The zero-order chi connectivity index (χ0) is 11.6. The molecule has 1 aliphatic heterocycles. The molecule has 0 aliphatic carbocycles. The van der Waals surface area contributed by atoms with Crippen LogP contribution in [0, 0.1) is 0 Å². The molecular formula is C12H21N3O. The summed E-state index contributed by atoms with van der Waals surface area (Å²) in [7, 11) is 0. The van der Waals surface area contributed by atoms with Gasteiger partial charge in [-0.1, -0.05) is 0 Å². The Hall–Kier alpha value is -0.870. The highest BCUT2D eigenvalue weighted by Gasteiger charge is 2.30. The first-order chi connectivity index (χ1) is 7.61. The molecule has 0 saturated carbocycles. The maximum Gasteiger partial charge on any atom is 0.0727 e. The van der Waals surface area contributed by atoms with Gasteiger partial charge in [0.15, 0.2) is 0 Å². The lowest BCUT2D eigenvalue weighted by Gasteiger charge is -2.32. The molecule has 0 aromatic carbocycles. The molecule has 1 aromatic heterocycles. The van der Waals surface area contributed by atoms with E-state index in [0.717, 1.165) is 31.6 Å². The van der Waals surface area contributed by atoms with Crippen molar-refractivity contribution < 1.29 is 5.11 Å². The lowest BCUT2D eigenvalue weighted by Crippen LogP contribution is -2.43. The van der Waals surface area contributed by atoms with Gasteiger partial charge in [0.25, 0.3) is 0 Å². The lowest BCUT2D eigenvalue weighted by atomic mass is 9.88. The van der Waals surface area contributed by atoms with Gasteiger partial charge >= 0.3 is 0 Å². The average Bonchev–Trinajstić information content (AvgIpc) is 2.66. The smallest absolute Gasteiger partial charge is 0.0727 e. The van der Waals surface area contributed by atoms with Crippen LogP contribution in [-0.2, 0) is 6.42 Å². The van der Waals surface area contributed by atoms with Crippen LogP contribution >= 0.6 is 0 Å². The van der Waals surface area contributed by atoms with Gasteiger partial charge in [-0.05, 0) is 45.8 Å². The van der Waals surface area contributed by atoms with Crippen LogP contribution < -0.4 is 5.32 Å². The molecule has 1 aromatic rings. The molecule has 0 radical (unpaired) electrons. The zero-order valence-electron chi connectivity index (χ0n) is 10.1. The second-order valence-corrected chi connectivity index (χ2v) is 5.01. The Balaban J connectivity index is 2.10. The fourth-order valence-electron chi connectivity index (χ4n) is 2.35. The summed E-state index contributed by atoms with van der Waals surface area (Å²) >= 11 is 0. The van der Waals surface area contributed by atoms with E-state index in [4.69, 9.17) is 0 Å². The van der Waals surface area contributed by atoms with Crippen molar-refractivity contribution >= 4 is 0 Å². The SMILES string of the molecule is CC(C)n1nccc1CC1(O)CCNCC1. The van der Waals surface area contributed by atoms with Gasteiger partial charge in [0.2, 0.25) is 0 Å². The maximum absolute atomic E-state index is 10.5. The van der Waals surface area contributed by atoms with Crippen LogP contribution in [0.15, 0.2) is 12.3 Å².